The first-order valence-corrected chi connectivity index (χ1v) is 12.3. The Morgan fingerprint density at radius 1 is 0.938 bits per heavy atom. The van der Waals surface area contributed by atoms with Crippen LogP contribution in [0.3, 0.4) is 0 Å². The van der Waals surface area contributed by atoms with Gasteiger partial charge in [-0.2, -0.15) is 0 Å². The van der Waals surface area contributed by atoms with Crippen molar-refractivity contribution in [3.8, 4) is 5.75 Å². The Balaban J connectivity index is 1.24. The lowest BCUT2D eigenvalue weighted by atomic mass is 9.72. The van der Waals surface area contributed by atoms with E-state index in [0.717, 1.165) is 35.8 Å². The third-order valence-corrected chi connectivity index (χ3v) is 7.62. The van der Waals surface area contributed by atoms with Crippen LogP contribution >= 0.6 is 0 Å². The molecule has 32 heavy (non-hydrogen) atoms. The maximum atomic E-state index is 14.4. The van der Waals surface area contributed by atoms with Crippen molar-refractivity contribution < 1.29 is 13.9 Å². The zero-order valence-corrected chi connectivity index (χ0v) is 19.8. The molecule has 3 heteroatoms. The van der Waals surface area contributed by atoms with Crippen LogP contribution in [0.25, 0.3) is 6.08 Å². The molecule has 2 atom stereocenters. The summed E-state index contributed by atoms with van der Waals surface area (Å²) in [6, 6.07) is 12.6. The first-order valence-electron chi connectivity index (χ1n) is 12.3. The minimum atomic E-state index is -0.112. The topological polar surface area (TPSA) is 18.5 Å². The summed E-state index contributed by atoms with van der Waals surface area (Å²) in [6.07, 6.45) is 11.4. The van der Waals surface area contributed by atoms with E-state index in [1.807, 2.05) is 45.1 Å². The smallest absolute Gasteiger partial charge is 0.133 e. The van der Waals surface area contributed by atoms with Crippen molar-refractivity contribution in [2.24, 2.45) is 11.8 Å². The van der Waals surface area contributed by atoms with Gasteiger partial charge in [0.05, 0.1) is 19.3 Å². The third kappa shape index (κ3) is 5.43. The Hall–Kier alpha value is -2.13. The van der Waals surface area contributed by atoms with Crippen molar-refractivity contribution in [1.82, 2.24) is 0 Å². The Morgan fingerprint density at radius 2 is 1.66 bits per heavy atom. The fourth-order valence-electron chi connectivity index (χ4n) is 5.38. The number of hydrogen-bond acceptors (Lipinski definition) is 2. The molecule has 2 aromatic rings. The lowest BCUT2D eigenvalue weighted by Gasteiger charge is -2.37. The lowest BCUT2D eigenvalue weighted by Crippen LogP contribution is -2.31. The molecule has 0 bridgehead atoms. The average Bonchev–Trinajstić information content (AvgIpc) is 2.83. The summed E-state index contributed by atoms with van der Waals surface area (Å²) in [7, 11) is 0. The van der Waals surface area contributed by atoms with Crippen LogP contribution in [0, 0.1) is 31.5 Å². The maximum Gasteiger partial charge on any atom is 0.133 e. The summed E-state index contributed by atoms with van der Waals surface area (Å²) < 4.78 is 26.2. The highest BCUT2D eigenvalue weighted by Crippen LogP contribution is 2.41. The quantitative estimate of drug-likeness (QED) is 0.463. The average molecular weight is 437 g/mol. The largest absolute Gasteiger partial charge is 0.494 e. The van der Waals surface area contributed by atoms with Gasteiger partial charge in [-0.1, -0.05) is 36.4 Å². The number of hydrogen-bond donors (Lipinski definition) is 0. The molecular formula is C29H37FO2. The third-order valence-electron chi connectivity index (χ3n) is 7.62. The molecule has 2 aliphatic rings. The van der Waals surface area contributed by atoms with Gasteiger partial charge in [-0.05, 0) is 106 Å². The molecule has 1 aliphatic heterocycles. The van der Waals surface area contributed by atoms with E-state index in [1.54, 1.807) is 0 Å². The number of rotatable bonds is 6. The van der Waals surface area contributed by atoms with E-state index in [4.69, 9.17) is 9.47 Å². The second kappa shape index (κ2) is 10.7. The second-order valence-electron chi connectivity index (χ2n) is 9.59. The minimum Gasteiger partial charge on any atom is -0.494 e. The van der Waals surface area contributed by atoms with E-state index in [9.17, 15) is 4.39 Å². The summed E-state index contributed by atoms with van der Waals surface area (Å²) in [4.78, 5) is 0. The van der Waals surface area contributed by atoms with Gasteiger partial charge in [-0.25, -0.2) is 4.39 Å². The predicted molar refractivity (Wildman–Crippen MR) is 130 cm³/mol. The van der Waals surface area contributed by atoms with E-state index in [-0.39, 0.29) is 11.9 Å². The van der Waals surface area contributed by atoms with Gasteiger partial charge in [0.15, 0.2) is 0 Å². The molecule has 2 unspecified atom stereocenters. The van der Waals surface area contributed by atoms with Crippen LogP contribution in [0.15, 0.2) is 42.5 Å². The molecule has 1 heterocycles. The fraction of sp³-hybridized carbons (Fsp3) is 0.517. The van der Waals surface area contributed by atoms with Crippen molar-refractivity contribution in [1.29, 1.82) is 0 Å². The predicted octanol–water partition coefficient (Wildman–Crippen LogP) is 7.62. The first kappa shape index (κ1) is 23.0. The molecule has 0 amide bonds. The van der Waals surface area contributed by atoms with E-state index in [0.29, 0.717) is 24.0 Å². The van der Waals surface area contributed by atoms with Crippen LogP contribution < -0.4 is 4.74 Å². The van der Waals surface area contributed by atoms with Crippen molar-refractivity contribution in [3.63, 3.8) is 0 Å². The molecule has 2 aromatic carbocycles. The number of benzene rings is 2. The van der Waals surface area contributed by atoms with Gasteiger partial charge in [-0.3, -0.25) is 0 Å². The van der Waals surface area contributed by atoms with E-state index < -0.39 is 0 Å². The molecule has 2 nitrogen and oxygen atoms in total. The molecule has 4 rings (SSSR count). The monoisotopic (exact) mass is 436 g/mol. The maximum absolute atomic E-state index is 14.4. The number of ether oxygens (including phenoxy) is 2. The molecule has 1 saturated carbocycles. The van der Waals surface area contributed by atoms with Crippen LogP contribution in [0.1, 0.15) is 73.6 Å². The molecule has 0 spiro atoms. The van der Waals surface area contributed by atoms with Gasteiger partial charge >= 0.3 is 0 Å². The van der Waals surface area contributed by atoms with Crippen molar-refractivity contribution in [2.75, 3.05) is 13.2 Å². The summed E-state index contributed by atoms with van der Waals surface area (Å²) >= 11 is 0. The number of halogens is 1. The molecule has 0 radical (unpaired) electrons. The van der Waals surface area contributed by atoms with Crippen molar-refractivity contribution in [2.45, 2.75) is 71.3 Å². The van der Waals surface area contributed by atoms with Gasteiger partial charge in [0.25, 0.3) is 0 Å². The molecular weight excluding hydrogens is 399 g/mol. The van der Waals surface area contributed by atoms with Gasteiger partial charge in [0, 0.05) is 5.56 Å². The van der Waals surface area contributed by atoms with Crippen LogP contribution in [0.4, 0.5) is 4.39 Å². The first-order chi connectivity index (χ1) is 15.5. The van der Waals surface area contributed by atoms with Crippen LogP contribution in [-0.2, 0) is 4.74 Å². The van der Waals surface area contributed by atoms with Crippen molar-refractivity contribution in [3.05, 3.63) is 70.5 Å². The lowest BCUT2D eigenvalue weighted by molar-refractivity contribution is -0.0145. The van der Waals surface area contributed by atoms with Crippen LogP contribution in [0.5, 0.6) is 5.75 Å². The molecule has 0 aromatic heterocycles. The molecule has 172 valence electrons. The van der Waals surface area contributed by atoms with Gasteiger partial charge in [0.2, 0.25) is 0 Å². The molecule has 1 saturated heterocycles. The summed E-state index contributed by atoms with van der Waals surface area (Å²) in [5.41, 5.74) is 3.84. The van der Waals surface area contributed by atoms with Crippen molar-refractivity contribution >= 4 is 6.08 Å². The Morgan fingerprint density at radius 3 is 2.31 bits per heavy atom. The van der Waals surface area contributed by atoms with Gasteiger partial charge in [0.1, 0.15) is 11.6 Å². The highest BCUT2D eigenvalue weighted by Gasteiger charge is 2.31. The molecule has 1 aliphatic carbocycles. The zero-order valence-electron chi connectivity index (χ0n) is 19.8. The normalized spacial score (nSPS) is 26.4. The van der Waals surface area contributed by atoms with E-state index >= 15 is 0 Å². The fourth-order valence-corrected chi connectivity index (χ4v) is 5.38. The summed E-state index contributed by atoms with van der Waals surface area (Å²) in [5, 5.41) is 0. The molecule has 0 N–H and O–H groups in total. The van der Waals surface area contributed by atoms with Crippen LogP contribution in [0.2, 0.25) is 0 Å². The molecule has 2 fully saturated rings. The standard InChI is InChI=1S/C29H37FO2/c1-4-31-27-15-11-23(12-16-27)22-7-9-24(10-8-22)26-14-18-28(32-19-26)17-13-25-6-5-20(2)21(3)29(25)30/h5-6,11-13,15-17,22,24,26,28H,4,7-10,14,18-19H2,1-3H3/b17-13+. The summed E-state index contributed by atoms with van der Waals surface area (Å²) in [6.45, 7) is 7.36. The SMILES string of the molecule is CCOc1ccc(C2CCC(C3CCC(/C=C/c4ccc(C)c(C)c4F)OC3)CC2)cc1. The zero-order chi connectivity index (χ0) is 22.5. The minimum absolute atomic E-state index is 0.104. The second-order valence-corrected chi connectivity index (χ2v) is 9.59. The summed E-state index contributed by atoms with van der Waals surface area (Å²) in [5.74, 6) is 2.97. The highest BCUT2D eigenvalue weighted by atomic mass is 19.1. The Kier molecular flexibility index (Phi) is 7.67. The number of aryl methyl sites for hydroxylation is 1. The van der Waals surface area contributed by atoms with Gasteiger partial charge < -0.3 is 9.47 Å². The van der Waals surface area contributed by atoms with Crippen LogP contribution in [-0.4, -0.2) is 19.3 Å². The Bertz CT molecular complexity index is 901. The highest BCUT2D eigenvalue weighted by molar-refractivity contribution is 5.53. The van der Waals surface area contributed by atoms with E-state index in [1.165, 1.54) is 37.7 Å². The Labute approximate surface area is 192 Å². The van der Waals surface area contributed by atoms with E-state index in [2.05, 4.69) is 24.3 Å². The van der Waals surface area contributed by atoms with Gasteiger partial charge in [-0.15, -0.1) is 0 Å².